The molecule has 52 valence electrons. The molecule has 0 amide bonds. The van der Waals surface area contributed by atoms with Crippen molar-refractivity contribution in [1.29, 1.82) is 0 Å². The molecule has 0 atom stereocenters. The average molecular weight is 177 g/mol. The molecule has 2 rings (SSSR count). The van der Waals surface area contributed by atoms with Crippen LogP contribution < -0.4 is 12.4 Å². The molecule has 3 heteroatoms. The molecule has 0 radical (unpaired) electrons. The van der Waals surface area contributed by atoms with Gasteiger partial charge in [0.15, 0.2) is 0 Å². The molecule has 2 aromatic rings. The SMILES string of the molecule is [Cl-].[Mg+2].[c-]1cc2ccccc2o1. The monoisotopic (exact) mass is 176 g/mol. The first-order valence-corrected chi connectivity index (χ1v) is 2.81. The molecule has 0 aliphatic carbocycles. The number of halogens is 1. The summed E-state index contributed by atoms with van der Waals surface area (Å²) in [5.74, 6) is 0. The molecule has 11 heavy (non-hydrogen) atoms. The van der Waals surface area contributed by atoms with Gasteiger partial charge in [0.25, 0.3) is 0 Å². The van der Waals surface area contributed by atoms with Gasteiger partial charge in [-0.05, 0) is 11.8 Å². The van der Waals surface area contributed by atoms with Crippen molar-refractivity contribution in [2.75, 3.05) is 0 Å². The summed E-state index contributed by atoms with van der Waals surface area (Å²) in [7, 11) is 0. The minimum absolute atomic E-state index is 0. The maximum Gasteiger partial charge on any atom is 2.00 e. The van der Waals surface area contributed by atoms with E-state index in [1.165, 1.54) is 0 Å². The zero-order valence-electron chi connectivity index (χ0n) is 5.88. The Balaban J connectivity index is 0.000000500. The van der Waals surface area contributed by atoms with Gasteiger partial charge < -0.3 is 16.8 Å². The van der Waals surface area contributed by atoms with E-state index in [2.05, 4.69) is 6.26 Å². The van der Waals surface area contributed by atoms with Gasteiger partial charge in [0.1, 0.15) is 0 Å². The number of hydrogen-bond donors (Lipinski definition) is 0. The van der Waals surface area contributed by atoms with Gasteiger partial charge in [-0.25, -0.2) is 0 Å². The topological polar surface area (TPSA) is 13.1 Å². The van der Waals surface area contributed by atoms with E-state index in [1.54, 1.807) is 0 Å². The van der Waals surface area contributed by atoms with E-state index >= 15 is 0 Å². The molecular formula is C8H5ClMgO. The van der Waals surface area contributed by atoms with Gasteiger partial charge in [0.2, 0.25) is 0 Å². The molecule has 1 nitrogen and oxygen atoms in total. The molecule has 0 bridgehead atoms. The zero-order chi connectivity index (χ0) is 6.10. The summed E-state index contributed by atoms with van der Waals surface area (Å²) in [6.07, 6.45) is 2.66. The first-order valence-electron chi connectivity index (χ1n) is 2.81. The summed E-state index contributed by atoms with van der Waals surface area (Å²) in [6, 6.07) is 9.67. The van der Waals surface area contributed by atoms with Crippen LogP contribution in [0.3, 0.4) is 0 Å². The fourth-order valence-corrected chi connectivity index (χ4v) is 0.849. The quantitative estimate of drug-likeness (QED) is 0.366. The van der Waals surface area contributed by atoms with Crippen LogP contribution in [0.4, 0.5) is 0 Å². The van der Waals surface area contributed by atoms with E-state index in [0.717, 1.165) is 11.0 Å². The predicted molar refractivity (Wildman–Crippen MR) is 40.8 cm³/mol. The molecule has 0 aliphatic rings. The standard InChI is InChI=1S/C8H5O.ClH.Mg/c1-2-4-8-7(3-1)5-6-9-8;;/h1-5H;1H;/q-1;;+2/p-1. The number of benzene rings is 1. The Bertz CT molecular complexity index is 288. The number of para-hydroxylation sites is 1. The third kappa shape index (κ3) is 2.12. The summed E-state index contributed by atoms with van der Waals surface area (Å²) in [6.45, 7) is 0. The molecule has 0 unspecified atom stereocenters. The van der Waals surface area contributed by atoms with E-state index in [-0.39, 0.29) is 35.5 Å². The smallest absolute Gasteiger partial charge is 1.00 e. The Kier molecular flexibility index (Phi) is 4.57. The molecule has 0 saturated carbocycles. The van der Waals surface area contributed by atoms with Crippen molar-refractivity contribution in [2.24, 2.45) is 0 Å². The molecule has 1 heterocycles. The van der Waals surface area contributed by atoms with Crippen LogP contribution in [0.25, 0.3) is 11.0 Å². The Morgan fingerprint density at radius 3 is 2.64 bits per heavy atom. The van der Waals surface area contributed by atoms with Gasteiger partial charge in [0, 0.05) is 0 Å². The van der Waals surface area contributed by atoms with Gasteiger partial charge in [-0.1, -0.05) is 18.2 Å². The summed E-state index contributed by atoms with van der Waals surface area (Å²) >= 11 is 0. The molecule has 0 spiro atoms. The molecule has 1 aromatic heterocycles. The second-order valence-electron chi connectivity index (χ2n) is 1.90. The summed E-state index contributed by atoms with van der Waals surface area (Å²) < 4.78 is 4.99. The first-order chi connectivity index (χ1) is 4.47. The second-order valence-corrected chi connectivity index (χ2v) is 1.90. The normalized spacial score (nSPS) is 8.36. The van der Waals surface area contributed by atoms with E-state index in [9.17, 15) is 0 Å². The van der Waals surface area contributed by atoms with Crippen LogP contribution in [0.15, 0.2) is 34.7 Å². The van der Waals surface area contributed by atoms with Gasteiger partial charge in [-0.2, -0.15) is 0 Å². The van der Waals surface area contributed by atoms with E-state index in [1.807, 2.05) is 30.3 Å². The van der Waals surface area contributed by atoms with Crippen molar-refractivity contribution in [3.05, 3.63) is 36.6 Å². The van der Waals surface area contributed by atoms with Crippen molar-refractivity contribution in [3.63, 3.8) is 0 Å². The van der Waals surface area contributed by atoms with Crippen LogP contribution in [-0.4, -0.2) is 23.1 Å². The number of rotatable bonds is 0. The Morgan fingerprint density at radius 1 is 1.18 bits per heavy atom. The zero-order valence-corrected chi connectivity index (χ0v) is 8.05. The van der Waals surface area contributed by atoms with Crippen LogP contribution in [-0.2, 0) is 0 Å². The van der Waals surface area contributed by atoms with Crippen molar-refractivity contribution in [3.8, 4) is 0 Å². The van der Waals surface area contributed by atoms with Gasteiger partial charge in [-0.3, -0.25) is 0 Å². The Hall–Kier alpha value is -0.184. The van der Waals surface area contributed by atoms with E-state index < -0.39 is 0 Å². The molecule has 0 N–H and O–H groups in total. The average Bonchev–Trinajstić information content (AvgIpc) is 2.33. The molecule has 0 aliphatic heterocycles. The molecular weight excluding hydrogens is 172 g/mol. The van der Waals surface area contributed by atoms with Crippen LogP contribution in [0, 0.1) is 6.26 Å². The van der Waals surface area contributed by atoms with Crippen molar-refractivity contribution < 1.29 is 16.8 Å². The molecule has 0 fully saturated rings. The summed E-state index contributed by atoms with van der Waals surface area (Å²) in [5, 5.41) is 1.11. The Labute approximate surface area is 87.3 Å². The van der Waals surface area contributed by atoms with Crippen LogP contribution in [0.5, 0.6) is 0 Å². The first kappa shape index (κ1) is 10.8. The summed E-state index contributed by atoms with van der Waals surface area (Å²) in [4.78, 5) is 0. The van der Waals surface area contributed by atoms with Crippen LogP contribution in [0.2, 0.25) is 0 Å². The van der Waals surface area contributed by atoms with Gasteiger partial charge >= 0.3 is 23.1 Å². The number of furan rings is 1. The largest absolute Gasteiger partial charge is 2.00 e. The third-order valence-corrected chi connectivity index (χ3v) is 1.30. The van der Waals surface area contributed by atoms with Crippen LogP contribution >= 0.6 is 0 Å². The van der Waals surface area contributed by atoms with E-state index in [0.29, 0.717) is 0 Å². The van der Waals surface area contributed by atoms with E-state index in [4.69, 9.17) is 4.42 Å². The number of fused-ring (bicyclic) bond motifs is 1. The molecule has 1 aromatic carbocycles. The number of hydrogen-bond acceptors (Lipinski definition) is 1. The third-order valence-electron chi connectivity index (χ3n) is 1.30. The fraction of sp³-hybridized carbons (Fsp3) is 0. The maximum absolute atomic E-state index is 4.99. The Morgan fingerprint density at radius 2 is 1.91 bits per heavy atom. The van der Waals surface area contributed by atoms with Crippen molar-refractivity contribution in [1.82, 2.24) is 0 Å². The molecule has 0 saturated heterocycles. The minimum Gasteiger partial charge on any atom is -1.00 e. The van der Waals surface area contributed by atoms with Gasteiger partial charge in [-0.15, -0.1) is 17.5 Å². The van der Waals surface area contributed by atoms with Crippen molar-refractivity contribution >= 4 is 34.0 Å². The fourth-order valence-electron chi connectivity index (χ4n) is 0.849. The second kappa shape index (κ2) is 4.65. The maximum atomic E-state index is 4.99. The summed E-state index contributed by atoms with van der Waals surface area (Å²) in [5.41, 5.74) is 0.900. The van der Waals surface area contributed by atoms with Crippen LogP contribution in [0.1, 0.15) is 0 Å². The van der Waals surface area contributed by atoms with Gasteiger partial charge in [0.05, 0.1) is 0 Å². The van der Waals surface area contributed by atoms with Crippen molar-refractivity contribution in [2.45, 2.75) is 0 Å². The predicted octanol–water partition coefficient (Wildman–Crippen LogP) is -1.14. The minimum atomic E-state index is 0.